The molecule has 2 atom stereocenters. The fourth-order valence-corrected chi connectivity index (χ4v) is 2.59. The van der Waals surface area contributed by atoms with Crippen LogP contribution in [-0.2, 0) is 16.0 Å². The quantitative estimate of drug-likeness (QED) is 0.800. The fraction of sp³-hybridized carbons (Fsp3) is 0.562. The van der Waals surface area contributed by atoms with E-state index in [9.17, 15) is 4.79 Å². The van der Waals surface area contributed by atoms with Crippen molar-refractivity contribution in [2.24, 2.45) is 0 Å². The lowest BCUT2D eigenvalue weighted by atomic mass is 10.1. The van der Waals surface area contributed by atoms with Gasteiger partial charge in [0.2, 0.25) is 5.91 Å². The van der Waals surface area contributed by atoms with Gasteiger partial charge in [-0.05, 0) is 25.8 Å². The maximum Gasteiger partial charge on any atom is 0.223 e. The number of hydrogen-bond acceptors (Lipinski definition) is 2. The molecule has 1 aromatic rings. The van der Waals surface area contributed by atoms with E-state index in [4.69, 9.17) is 16.3 Å². The highest BCUT2D eigenvalue weighted by atomic mass is 35.5. The standard InChI is InChI=1S/C16H22ClNO2/c1-12-3-5-14(6-4-12)7-8-16(19)18-10-15(9-17)20-11-13(18)2/h3-6,13,15H,7-11H2,1-2H3. The Morgan fingerprint density at radius 3 is 2.75 bits per heavy atom. The van der Waals surface area contributed by atoms with Gasteiger partial charge in [-0.15, -0.1) is 11.6 Å². The van der Waals surface area contributed by atoms with Gasteiger partial charge in [0.25, 0.3) is 0 Å². The Hall–Kier alpha value is -1.06. The first-order valence-electron chi connectivity index (χ1n) is 7.12. The number of amides is 1. The summed E-state index contributed by atoms with van der Waals surface area (Å²) in [6.07, 6.45) is 1.30. The SMILES string of the molecule is Cc1ccc(CCC(=O)N2CC(CCl)OCC2C)cc1. The molecule has 4 heteroatoms. The highest BCUT2D eigenvalue weighted by molar-refractivity contribution is 6.18. The number of rotatable bonds is 4. The summed E-state index contributed by atoms with van der Waals surface area (Å²) in [5, 5.41) is 0. The lowest BCUT2D eigenvalue weighted by molar-refractivity contribution is -0.142. The topological polar surface area (TPSA) is 29.5 Å². The molecule has 1 aromatic carbocycles. The van der Waals surface area contributed by atoms with Gasteiger partial charge in [-0.25, -0.2) is 0 Å². The van der Waals surface area contributed by atoms with Gasteiger partial charge in [-0.2, -0.15) is 0 Å². The Morgan fingerprint density at radius 1 is 1.40 bits per heavy atom. The smallest absolute Gasteiger partial charge is 0.223 e. The van der Waals surface area contributed by atoms with Crippen molar-refractivity contribution in [2.75, 3.05) is 19.0 Å². The average molecular weight is 296 g/mol. The van der Waals surface area contributed by atoms with Gasteiger partial charge in [-0.1, -0.05) is 29.8 Å². The number of hydrogen-bond donors (Lipinski definition) is 0. The molecule has 0 saturated carbocycles. The van der Waals surface area contributed by atoms with Gasteiger partial charge in [0.1, 0.15) is 0 Å². The number of benzene rings is 1. The van der Waals surface area contributed by atoms with Gasteiger partial charge in [-0.3, -0.25) is 4.79 Å². The van der Waals surface area contributed by atoms with Crippen LogP contribution in [0.25, 0.3) is 0 Å². The molecule has 1 aliphatic rings. The molecule has 0 bridgehead atoms. The number of halogens is 1. The van der Waals surface area contributed by atoms with Crippen LogP contribution in [0.5, 0.6) is 0 Å². The molecule has 2 rings (SSSR count). The lowest BCUT2D eigenvalue weighted by Gasteiger charge is -2.37. The fourth-order valence-electron chi connectivity index (χ4n) is 2.41. The van der Waals surface area contributed by atoms with Crippen molar-refractivity contribution in [3.05, 3.63) is 35.4 Å². The minimum Gasteiger partial charge on any atom is -0.373 e. The summed E-state index contributed by atoms with van der Waals surface area (Å²) in [5.74, 6) is 0.630. The molecule has 0 radical (unpaired) electrons. The Morgan fingerprint density at radius 2 is 2.10 bits per heavy atom. The second-order valence-corrected chi connectivity index (χ2v) is 5.80. The van der Waals surface area contributed by atoms with Crippen molar-refractivity contribution in [3.8, 4) is 0 Å². The number of carbonyl (C=O) groups excluding carboxylic acids is 1. The van der Waals surface area contributed by atoms with E-state index >= 15 is 0 Å². The van der Waals surface area contributed by atoms with Gasteiger partial charge in [0.05, 0.1) is 24.6 Å². The molecular formula is C16H22ClNO2. The van der Waals surface area contributed by atoms with Crippen molar-refractivity contribution in [2.45, 2.75) is 38.8 Å². The van der Waals surface area contributed by atoms with Gasteiger partial charge < -0.3 is 9.64 Å². The van der Waals surface area contributed by atoms with E-state index in [2.05, 4.69) is 31.2 Å². The van der Waals surface area contributed by atoms with Gasteiger partial charge >= 0.3 is 0 Å². The monoisotopic (exact) mass is 295 g/mol. The largest absolute Gasteiger partial charge is 0.373 e. The number of aryl methyl sites for hydroxylation is 2. The average Bonchev–Trinajstić information content (AvgIpc) is 2.47. The third-order valence-corrected chi connectivity index (χ3v) is 4.09. The molecular weight excluding hydrogens is 274 g/mol. The van der Waals surface area contributed by atoms with Gasteiger partial charge in [0, 0.05) is 13.0 Å². The van der Waals surface area contributed by atoms with E-state index in [1.807, 2.05) is 11.8 Å². The molecule has 1 amide bonds. The summed E-state index contributed by atoms with van der Waals surface area (Å²) in [5.41, 5.74) is 2.45. The zero-order valence-corrected chi connectivity index (χ0v) is 12.9. The van der Waals surface area contributed by atoms with Crippen LogP contribution < -0.4 is 0 Å². The molecule has 2 unspecified atom stereocenters. The number of nitrogens with zero attached hydrogens (tertiary/aromatic N) is 1. The zero-order valence-electron chi connectivity index (χ0n) is 12.1. The summed E-state index contributed by atoms with van der Waals surface area (Å²) >= 11 is 5.82. The molecule has 0 N–H and O–H groups in total. The molecule has 0 aromatic heterocycles. The maximum absolute atomic E-state index is 12.3. The van der Waals surface area contributed by atoms with Crippen LogP contribution in [0.3, 0.4) is 0 Å². The Kier molecular flexibility index (Phi) is 5.44. The van der Waals surface area contributed by atoms with E-state index in [0.717, 1.165) is 6.42 Å². The van der Waals surface area contributed by atoms with E-state index < -0.39 is 0 Å². The number of carbonyl (C=O) groups is 1. The minimum atomic E-state index is -0.0313. The molecule has 3 nitrogen and oxygen atoms in total. The van der Waals surface area contributed by atoms with Crippen LogP contribution in [0.4, 0.5) is 0 Å². The Bertz CT molecular complexity index is 446. The van der Waals surface area contributed by atoms with Crippen molar-refractivity contribution in [1.82, 2.24) is 4.90 Å². The normalized spacial score (nSPS) is 22.9. The summed E-state index contributed by atoms with van der Waals surface area (Å²) < 4.78 is 5.57. The van der Waals surface area contributed by atoms with Crippen molar-refractivity contribution in [1.29, 1.82) is 0 Å². The summed E-state index contributed by atoms with van der Waals surface area (Å²) in [7, 11) is 0. The first kappa shape index (κ1) is 15.3. The Balaban J connectivity index is 1.88. The van der Waals surface area contributed by atoms with E-state index in [-0.39, 0.29) is 18.1 Å². The zero-order chi connectivity index (χ0) is 14.5. The molecule has 110 valence electrons. The van der Waals surface area contributed by atoms with Crippen molar-refractivity contribution < 1.29 is 9.53 Å². The van der Waals surface area contributed by atoms with Crippen molar-refractivity contribution >= 4 is 17.5 Å². The minimum absolute atomic E-state index is 0.0313. The van der Waals surface area contributed by atoms with E-state index in [1.165, 1.54) is 11.1 Å². The highest BCUT2D eigenvalue weighted by Crippen LogP contribution is 2.15. The molecule has 1 saturated heterocycles. The molecule has 1 aliphatic heterocycles. The second-order valence-electron chi connectivity index (χ2n) is 5.49. The second kappa shape index (κ2) is 7.09. The van der Waals surface area contributed by atoms with Crippen LogP contribution in [0.15, 0.2) is 24.3 Å². The molecule has 20 heavy (non-hydrogen) atoms. The third kappa shape index (κ3) is 3.97. The molecule has 0 aliphatic carbocycles. The summed E-state index contributed by atoms with van der Waals surface area (Å²) in [6.45, 7) is 5.27. The highest BCUT2D eigenvalue weighted by Gasteiger charge is 2.28. The van der Waals surface area contributed by atoms with E-state index in [0.29, 0.717) is 25.5 Å². The molecule has 1 heterocycles. The predicted octanol–water partition coefficient (Wildman–Crippen LogP) is 2.78. The van der Waals surface area contributed by atoms with Crippen LogP contribution >= 0.6 is 11.6 Å². The van der Waals surface area contributed by atoms with Crippen LogP contribution in [0.1, 0.15) is 24.5 Å². The van der Waals surface area contributed by atoms with E-state index in [1.54, 1.807) is 0 Å². The first-order valence-corrected chi connectivity index (χ1v) is 7.66. The molecule has 1 fully saturated rings. The third-order valence-electron chi connectivity index (χ3n) is 3.75. The number of alkyl halides is 1. The number of morpholine rings is 1. The maximum atomic E-state index is 12.3. The predicted molar refractivity (Wildman–Crippen MR) is 81.1 cm³/mol. The Labute approximate surface area is 125 Å². The molecule has 0 spiro atoms. The lowest BCUT2D eigenvalue weighted by Crippen LogP contribution is -2.51. The number of ether oxygens (including phenoxy) is 1. The summed E-state index contributed by atoms with van der Waals surface area (Å²) in [4.78, 5) is 14.2. The summed E-state index contributed by atoms with van der Waals surface area (Å²) in [6, 6.07) is 8.49. The van der Waals surface area contributed by atoms with Crippen LogP contribution in [-0.4, -0.2) is 42.0 Å². The van der Waals surface area contributed by atoms with Gasteiger partial charge in [0.15, 0.2) is 0 Å². The van der Waals surface area contributed by atoms with Crippen LogP contribution in [0, 0.1) is 6.92 Å². The van der Waals surface area contributed by atoms with Crippen molar-refractivity contribution in [3.63, 3.8) is 0 Å². The first-order chi connectivity index (χ1) is 9.60. The van der Waals surface area contributed by atoms with Crippen LogP contribution in [0.2, 0.25) is 0 Å².